The van der Waals surface area contributed by atoms with E-state index in [0.29, 0.717) is 30.6 Å². The smallest absolute Gasteiger partial charge is 0.475 e. The van der Waals surface area contributed by atoms with Crippen LogP contribution in [0, 0.1) is 0 Å². The number of carboxylic acid groups (broad SMARTS) is 1. The van der Waals surface area contributed by atoms with Crippen LogP contribution < -0.4 is 5.32 Å². The van der Waals surface area contributed by atoms with Crippen LogP contribution >= 0.6 is 0 Å². The first-order chi connectivity index (χ1) is 14.5. The Morgan fingerprint density at radius 3 is 2.55 bits per heavy atom. The second-order valence-electron chi connectivity index (χ2n) is 6.04. The summed E-state index contributed by atoms with van der Waals surface area (Å²) in [4.78, 5) is 21.8. The van der Waals surface area contributed by atoms with E-state index in [1.165, 1.54) is 4.31 Å². The summed E-state index contributed by atoms with van der Waals surface area (Å²) in [6, 6.07) is 6.69. The molecule has 0 amide bonds. The van der Waals surface area contributed by atoms with Crippen LogP contribution in [0.1, 0.15) is 18.8 Å². The average Bonchev–Trinajstić information content (AvgIpc) is 2.74. The Balaban J connectivity index is 0.000000423. The van der Waals surface area contributed by atoms with Crippen LogP contribution in [0.3, 0.4) is 0 Å². The van der Waals surface area contributed by atoms with E-state index in [0.717, 1.165) is 0 Å². The number of pyridine rings is 1. The normalized spacial score (nSPS) is 17.4. The van der Waals surface area contributed by atoms with Gasteiger partial charge in [-0.2, -0.15) is 17.5 Å². The number of aromatic nitrogens is 3. The molecule has 3 rings (SSSR count). The van der Waals surface area contributed by atoms with E-state index in [2.05, 4.69) is 20.3 Å². The summed E-state index contributed by atoms with van der Waals surface area (Å²) in [6.07, 6.45) is -1.81. The van der Waals surface area contributed by atoms with Crippen LogP contribution in [0.4, 0.5) is 24.8 Å². The number of morpholine rings is 1. The molecule has 0 aliphatic carbocycles. The van der Waals surface area contributed by atoms with Crippen molar-refractivity contribution in [2.75, 3.05) is 30.8 Å². The highest BCUT2D eigenvalue weighted by Gasteiger charge is 2.38. The molecule has 3 heterocycles. The van der Waals surface area contributed by atoms with E-state index >= 15 is 0 Å². The van der Waals surface area contributed by atoms with E-state index in [4.69, 9.17) is 14.6 Å². The monoisotopic (exact) mass is 463 g/mol. The van der Waals surface area contributed by atoms with Crippen molar-refractivity contribution in [2.24, 2.45) is 0 Å². The van der Waals surface area contributed by atoms with Gasteiger partial charge in [0.25, 0.3) is 0 Å². The van der Waals surface area contributed by atoms with Crippen LogP contribution in [0.15, 0.2) is 36.7 Å². The number of alkyl halides is 3. The lowest BCUT2D eigenvalue weighted by molar-refractivity contribution is -0.192. The third kappa shape index (κ3) is 7.11. The zero-order valence-electron chi connectivity index (χ0n) is 16.3. The first-order valence-electron chi connectivity index (χ1n) is 8.93. The van der Waals surface area contributed by atoms with Crippen molar-refractivity contribution in [3.63, 3.8) is 0 Å². The molecule has 14 heteroatoms. The topological polar surface area (TPSA) is 135 Å². The SMILES string of the molecule is CCS(=O)(=O)N1CCOCC1c1nccc(Nc2ccccn2)n1.O=C(O)C(F)(F)F. The molecule has 10 nitrogen and oxygen atoms in total. The van der Waals surface area contributed by atoms with Crippen LogP contribution in [0.25, 0.3) is 0 Å². The molecule has 0 bridgehead atoms. The predicted molar refractivity (Wildman–Crippen MR) is 103 cm³/mol. The van der Waals surface area contributed by atoms with Crippen molar-refractivity contribution in [1.82, 2.24) is 19.3 Å². The lowest BCUT2D eigenvalue weighted by atomic mass is 10.2. The summed E-state index contributed by atoms with van der Waals surface area (Å²) in [6.45, 7) is 2.55. The highest BCUT2D eigenvalue weighted by Crippen LogP contribution is 2.25. The molecule has 170 valence electrons. The first kappa shape index (κ1) is 24.4. The molecule has 1 atom stereocenters. The number of ether oxygens (including phenoxy) is 1. The molecule has 1 unspecified atom stereocenters. The molecule has 1 saturated heterocycles. The van der Waals surface area contributed by atoms with E-state index < -0.39 is 28.2 Å². The average molecular weight is 463 g/mol. The Labute approximate surface area is 176 Å². The van der Waals surface area contributed by atoms with Gasteiger partial charge in [0, 0.05) is 18.9 Å². The maximum atomic E-state index is 12.3. The fraction of sp³-hybridized carbons (Fsp3) is 0.412. The number of nitrogens with one attached hydrogen (secondary N) is 1. The molecule has 31 heavy (non-hydrogen) atoms. The maximum Gasteiger partial charge on any atom is 0.490 e. The number of carboxylic acids is 1. The zero-order valence-corrected chi connectivity index (χ0v) is 17.1. The van der Waals surface area contributed by atoms with Gasteiger partial charge in [-0.05, 0) is 25.1 Å². The molecule has 2 aromatic heterocycles. The van der Waals surface area contributed by atoms with Crippen molar-refractivity contribution in [3.05, 3.63) is 42.5 Å². The predicted octanol–water partition coefficient (Wildman–Crippen LogP) is 1.97. The summed E-state index contributed by atoms with van der Waals surface area (Å²) >= 11 is 0. The van der Waals surface area contributed by atoms with E-state index in [1.807, 2.05) is 18.2 Å². The quantitative estimate of drug-likeness (QED) is 0.682. The van der Waals surface area contributed by atoms with Crippen molar-refractivity contribution in [1.29, 1.82) is 0 Å². The number of halogens is 3. The second kappa shape index (κ2) is 10.5. The van der Waals surface area contributed by atoms with E-state index in [1.54, 1.807) is 25.4 Å². The molecule has 0 aromatic carbocycles. The molecule has 1 aliphatic rings. The zero-order chi connectivity index (χ0) is 23.1. The van der Waals surface area contributed by atoms with Crippen molar-refractivity contribution in [3.8, 4) is 0 Å². The van der Waals surface area contributed by atoms with Gasteiger partial charge in [0.15, 0.2) is 5.82 Å². The molecule has 1 aliphatic heterocycles. The first-order valence-corrected chi connectivity index (χ1v) is 10.5. The Bertz CT molecular complexity index is 976. The Kier molecular flexibility index (Phi) is 8.24. The molecular weight excluding hydrogens is 443 g/mol. The third-order valence-electron chi connectivity index (χ3n) is 3.94. The van der Waals surface area contributed by atoms with Crippen molar-refractivity contribution < 1.29 is 36.2 Å². The van der Waals surface area contributed by atoms with Gasteiger partial charge >= 0.3 is 12.1 Å². The third-order valence-corrected chi connectivity index (χ3v) is 5.82. The van der Waals surface area contributed by atoms with Crippen LogP contribution in [0.5, 0.6) is 0 Å². The lowest BCUT2D eigenvalue weighted by Gasteiger charge is -2.33. The summed E-state index contributed by atoms with van der Waals surface area (Å²) in [7, 11) is -3.35. The Hall–Kier alpha value is -2.84. The molecule has 0 spiro atoms. The number of carbonyl (C=O) groups is 1. The van der Waals surface area contributed by atoms with Crippen LogP contribution in [-0.4, -0.2) is 70.4 Å². The summed E-state index contributed by atoms with van der Waals surface area (Å²) < 4.78 is 63.2. The molecule has 0 saturated carbocycles. The number of aliphatic carboxylic acids is 1. The number of nitrogens with zero attached hydrogens (tertiary/aromatic N) is 4. The lowest BCUT2D eigenvalue weighted by Crippen LogP contribution is -2.44. The fourth-order valence-corrected chi connectivity index (χ4v) is 3.69. The van der Waals surface area contributed by atoms with Gasteiger partial charge in [0.1, 0.15) is 17.7 Å². The van der Waals surface area contributed by atoms with Gasteiger partial charge in [0.2, 0.25) is 10.0 Å². The highest BCUT2D eigenvalue weighted by atomic mass is 32.2. The van der Waals surface area contributed by atoms with Gasteiger partial charge in [-0.3, -0.25) is 0 Å². The number of rotatable bonds is 5. The number of sulfonamides is 1. The van der Waals surface area contributed by atoms with Crippen molar-refractivity contribution >= 4 is 27.6 Å². The second-order valence-corrected chi connectivity index (χ2v) is 8.26. The van der Waals surface area contributed by atoms with Crippen LogP contribution in [0.2, 0.25) is 0 Å². The minimum absolute atomic E-state index is 0.0371. The van der Waals surface area contributed by atoms with Gasteiger partial charge in [-0.1, -0.05) is 6.07 Å². The number of hydrogen-bond acceptors (Lipinski definition) is 8. The highest BCUT2D eigenvalue weighted by molar-refractivity contribution is 7.89. The Morgan fingerprint density at radius 2 is 1.97 bits per heavy atom. The molecule has 1 fully saturated rings. The molecular formula is C17H20F3N5O5S. The minimum Gasteiger partial charge on any atom is -0.475 e. The van der Waals surface area contributed by atoms with E-state index in [-0.39, 0.29) is 12.4 Å². The summed E-state index contributed by atoms with van der Waals surface area (Å²) in [5.74, 6) is -1.10. The van der Waals surface area contributed by atoms with Gasteiger partial charge in [-0.25, -0.2) is 28.2 Å². The van der Waals surface area contributed by atoms with Gasteiger partial charge in [0.05, 0.1) is 19.0 Å². The van der Waals surface area contributed by atoms with Gasteiger partial charge < -0.3 is 15.2 Å². The number of hydrogen-bond donors (Lipinski definition) is 2. The van der Waals surface area contributed by atoms with Crippen LogP contribution in [-0.2, 0) is 19.6 Å². The van der Waals surface area contributed by atoms with E-state index in [9.17, 15) is 21.6 Å². The summed E-state index contributed by atoms with van der Waals surface area (Å²) in [5.41, 5.74) is 0. The number of anilines is 2. The standard InChI is InChI=1S/C15H19N5O3S.C2HF3O2/c1-2-24(21,22)20-9-10-23-11-12(20)15-17-8-6-14(19-15)18-13-5-3-4-7-16-13;3-2(4,5)1(6)7/h3-8,12H,2,9-11H2,1H3,(H,16,17,18,19);(H,6,7). The maximum absolute atomic E-state index is 12.3. The van der Waals surface area contributed by atoms with Gasteiger partial charge in [-0.15, -0.1) is 0 Å². The molecule has 0 radical (unpaired) electrons. The largest absolute Gasteiger partial charge is 0.490 e. The Morgan fingerprint density at radius 1 is 1.26 bits per heavy atom. The summed E-state index contributed by atoms with van der Waals surface area (Å²) in [5, 5.41) is 10.2. The van der Waals surface area contributed by atoms with Crippen molar-refractivity contribution in [2.45, 2.75) is 19.1 Å². The fourth-order valence-electron chi connectivity index (χ4n) is 2.46. The molecule has 2 aromatic rings. The minimum atomic E-state index is -5.08. The molecule has 2 N–H and O–H groups in total.